The molecule has 1 amide bonds. The van der Waals surface area contributed by atoms with Gasteiger partial charge in [-0.1, -0.05) is 18.2 Å². The average Bonchev–Trinajstić information content (AvgIpc) is 2.79. The lowest BCUT2D eigenvalue weighted by atomic mass is 10.2. The summed E-state index contributed by atoms with van der Waals surface area (Å²) in [6.45, 7) is 2.03. The molecule has 0 atom stereocenters. The highest BCUT2D eigenvalue weighted by Gasteiger charge is 2.30. The first kappa shape index (κ1) is 25.6. The summed E-state index contributed by atoms with van der Waals surface area (Å²) >= 11 is 0. The number of alkyl halides is 3. The zero-order chi connectivity index (χ0) is 24.4. The van der Waals surface area contributed by atoms with Gasteiger partial charge in [-0.15, -0.1) is 13.2 Å². The molecular formula is C23H24F3NO6. The second-order valence-corrected chi connectivity index (χ2v) is 6.66. The van der Waals surface area contributed by atoms with E-state index in [-0.39, 0.29) is 18.2 Å². The Bertz CT molecular complexity index is 973. The van der Waals surface area contributed by atoms with Crippen molar-refractivity contribution in [1.29, 1.82) is 0 Å². The standard InChI is InChI=1S/C23H24F3NO6/c1-4-27(14-17-7-11-19(30-2)20(13-17)31-3)21(28)15-32-22(29)12-8-16-5-9-18(10-6-16)33-23(24,25)26/h5-13H,4,14-15H2,1-3H3/b12-8+. The molecule has 33 heavy (non-hydrogen) atoms. The summed E-state index contributed by atoms with van der Waals surface area (Å²) in [6, 6.07) is 10.2. The SMILES string of the molecule is CCN(Cc1ccc(OC)c(OC)c1)C(=O)COC(=O)/C=C/c1ccc(OC(F)(F)F)cc1. The van der Waals surface area contributed by atoms with Gasteiger partial charge in [-0.3, -0.25) is 4.79 Å². The third kappa shape index (κ3) is 8.40. The fourth-order valence-corrected chi connectivity index (χ4v) is 2.79. The van der Waals surface area contributed by atoms with Crippen LogP contribution in [-0.2, 0) is 20.9 Å². The molecule has 0 saturated carbocycles. The van der Waals surface area contributed by atoms with Crippen LogP contribution in [0.5, 0.6) is 17.2 Å². The van der Waals surface area contributed by atoms with Crippen LogP contribution >= 0.6 is 0 Å². The number of methoxy groups -OCH3 is 2. The highest BCUT2D eigenvalue weighted by Crippen LogP contribution is 2.28. The second-order valence-electron chi connectivity index (χ2n) is 6.66. The van der Waals surface area contributed by atoms with Crippen LogP contribution in [-0.4, -0.2) is 50.5 Å². The van der Waals surface area contributed by atoms with E-state index in [1.807, 2.05) is 0 Å². The molecule has 0 radical (unpaired) electrons. The Morgan fingerprint density at radius 3 is 2.24 bits per heavy atom. The molecule has 7 nitrogen and oxygen atoms in total. The average molecular weight is 467 g/mol. The summed E-state index contributed by atoms with van der Waals surface area (Å²) in [6.07, 6.45) is -2.34. The fraction of sp³-hybridized carbons (Fsp3) is 0.304. The molecule has 0 aliphatic heterocycles. The number of hydrogen-bond acceptors (Lipinski definition) is 6. The Hall–Kier alpha value is -3.69. The van der Waals surface area contributed by atoms with Crippen LogP contribution in [0.4, 0.5) is 13.2 Å². The molecule has 0 aromatic heterocycles. The van der Waals surface area contributed by atoms with Crippen molar-refractivity contribution < 1.29 is 41.7 Å². The van der Waals surface area contributed by atoms with Crippen LogP contribution in [0.15, 0.2) is 48.5 Å². The van der Waals surface area contributed by atoms with Crippen molar-refractivity contribution in [1.82, 2.24) is 4.90 Å². The van der Waals surface area contributed by atoms with Gasteiger partial charge < -0.3 is 23.8 Å². The van der Waals surface area contributed by atoms with E-state index in [2.05, 4.69) is 4.74 Å². The summed E-state index contributed by atoms with van der Waals surface area (Å²) in [5.74, 6) is -0.419. The summed E-state index contributed by atoms with van der Waals surface area (Å²) in [5.41, 5.74) is 1.27. The zero-order valence-corrected chi connectivity index (χ0v) is 18.3. The van der Waals surface area contributed by atoms with Gasteiger partial charge in [0.1, 0.15) is 5.75 Å². The molecule has 2 aromatic carbocycles. The summed E-state index contributed by atoms with van der Waals surface area (Å²) in [5, 5.41) is 0. The minimum absolute atomic E-state index is 0.287. The lowest BCUT2D eigenvalue weighted by Gasteiger charge is -2.21. The van der Waals surface area contributed by atoms with Crippen molar-refractivity contribution in [2.45, 2.75) is 19.8 Å². The highest BCUT2D eigenvalue weighted by molar-refractivity contribution is 5.89. The number of nitrogens with zero attached hydrogens (tertiary/aromatic N) is 1. The summed E-state index contributed by atoms with van der Waals surface area (Å²) < 4.78 is 55.7. The number of benzene rings is 2. The topological polar surface area (TPSA) is 74.3 Å². The van der Waals surface area contributed by atoms with Gasteiger partial charge in [0.05, 0.1) is 14.2 Å². The molecule has 0 saturated heterocycles. The van der Waals surface area contributed by atoms with E-state index in [4.69, 9.17) is 14.2 Å². The molecule has 2 aromatic rings. The Morgan fingerprint density at radius 1 is 1.00 bits per heavy atom. The van der Waals surface area contributed by atoms with E-state index < -0.39 is 18.9 Å². The van der Waals surface area contributed by atoms with Gasteiger partial charge in [-0.05, 0) is 48.4 Å². The minimum atomic E-state index is -4.78. The van der Waals surface area contributed by atoms with Gasteiger partial charge in [0.2, 0.25) is 0 Å². The van der Waals surface area contributed by atoms with Crippen LogP contribution in [0.25, 0.3) is 6.08 Å². The number of esters is 1. The van der Waals surface area contributed by atoms with Crippen LogP contribution < -0.4 is 14.2 Å². The molecule has 0 unspecified atom stereocenters. The maximum atomic E-state index is 12.4. The molecular weight excluding hydrogens is 443 g/mol. The third-order valence-corrected chi connectivity index (χ3v) is 4.42. The second kappa shape index (κ2) is 11.8. The Kier molecular flexibility index (Phi) is 9.14. The number of amides is 1. The number of ether oxygens (including phenoxy) is 4. The summed E-state index contributed by atoms with van der Waals surface area (Å²) in [7, 11) is 3.04. The van der Waals surface area contributed by atoms with E-state index in [1.54, 1.807) is 25.1 Å². The molecule has 0 N–H and O–H groups in total. The lowest BCUT2D eigenvalue weighted by molar-refractivity contribution is -0.274. The molecule has 2 rings (SSSR count). The van der Waals surface area contributed by atoms with Gasteiger partial charge in [-0.25, -0.2) is 4.79 Å². The maximum absolute atomic E-state index is 12.4. The van der Waals surface area contributed by atoms with Crippen molar-refractivity contribution >= 4 is 18.0 Å². The Morgan fingerprint density at radius 2 is 1.67 bits per heavy atom. The van der Waals surface area contributed by atoms with Crippen molar-refractivity contribution in [3.05, 3.63) is 59.7 Å². The predicted octanol–water partition coefficient (Wildman–Crippen LogP) is 4.21. The van der Waals surface area contributed by atoms with E-state index in [0.717, 1.165) is 23.8 Å². The number of rotatable bonds is 10. The minimum Gasteiger partial charge on any atom is -0.493 e. The molecule has 0 aliphatic rings. The Labute approximate surface area is 189 Å². The molecule has 0 heterocycles. The fourth-order valence-electron chi connectivity index (χ4n) is 2.79. The first-order valence-electron chi connectivity index (χ1n) is 9.84. The Balaban J connectivity index is 1.88. The number of carbonyl (C=O) groups excluding carboxylic acids is 2. The van der Waals surface area contributed by atoms with Crippen LogP contribution in [0, 0.1) is 0 Å². The monoisotopic (exact) mass is 467 g/mol. The van der Waals surface area contributed by atoms with Gasteiger partial charge in [0.15, 0.2) is 18.1 Å². The smallest absolute Gasteiger partial charge is 0.493 e. The maximum Gasteiger partial charge on any atom is 0.573 e. The molecule has 0 bridgehead atoms. The van der Waals surface area contributed by atoms with Crippen molar-refractivity contribution in [2.75, 3.05) is 27.4 Å². The molecule has 0 fully saturated rings. The first-order valence-corrected chi connectivity index (χ1v) is 9.84. The van der Waals surface area contributed by atoms with Gasteiger partial charge in [-0.2, -0.15) is 0 Å². The van der Waals surface area contributed by atoms with E-state index in [1.165, 1.54) is 37.3 Å². The third-order valence-electron chi connectivity index (χ3n) is 4.42. The highest BCUT2D eigenvalue weighted by atomic mass is 19.4. The number of carbonyl (C=O) groups is 2. The van der Waals surface area contributed by atoms with Crippen LogP contribution in [0.2, 0.25) is 0 Å². The molecule has 10 heteroatoms. The van der Waals surface area contributed by atoms with Gasteiger partial charge >= 0.3 is 12.3 Å². The quantitative estimate of drug-likeness (QED) is 0.385. The van der Waals surface area contributed by atoms with Crippen LogP contribution in [0.3, 0.4) is 0 Å². The first-order chi connectivity index (χ1) is 15.6. The largest absolute Gasteiger partial charge is 0.573 e. The van der Waals surface area contributed by atoms with E-state index in [0.29, 0.717) is 23.6 Å². The number of likely N-dealkylation sites (N-methyl/N-ethyl adjacent to an activating group) is 1. The van der Waals surface area contributed by atoms with Crippen molar-refractivity contribution in [3.63, 3.8) is 0 Å². The molecule has 0 spiro atoms. The van der Waals surface area contributed by atoms with Crippen molar-refractivity contribution in [3.8, 4) is 17.2 Å². The molecule has 0 aliphatic carbocycles. The van der Waals surface area contributed by atoms with E-state index >= 15 is 0 Å². The van der Waals surface area contributed by atoms with Crippen molar-refractivity contribution in [2.24, 2.45) is 0 Å². The lowest BCUT2D eigenvalue weighted by Crippen LogP contribution is -2.34. The van der Waals surface area contributed by atoms with Gasteiger partial charge in [0, 0.05) is 19.2 Å². The van der Waals surface area contributed by atoms with E-state index in [9.17, 15) is 22.8 Å². The van der Waals surface area contributed by atoms with Gasteiger partial charge in [0.25, 0.3) is 5.91 Å². The molecule has 178 valence electrons. The normalized spacial score (nSPS) is 11.2. The zero-order valence-electron chi connectivity index (χ0n) is 18.3. The number of halogens is 3. The predicted molar refractivity (Wildman–Crippen MR) is 114 cm³/mol. The summed E-state index contributed by atoms with van der Waals surface area (Å²) in [4.78, 5) is 25.9. The van der Waals surface area contributed by atoms with Crippen LogP contribution in [0.1, 0.15) is 18.1 Å². The number of hydrogen-bond donors (Lipinski definition) is 0.